The predicted octanol–water partition coefficient (Wildman–Crippen LogP) is -2.97. The van der Waals surface area contributed by atoms with Crippen molar-refractivity contribution >= 4 is 0 Å². The van der Waals surface area contributed by atoms with Crippen molar-refractivity contribution in [2.45, 2.75) is 61.2 Å². The molecular formula is C19H28O11. The fraction of sp³-hybridized carbons (Fsp3) is 0.684. The van der Waals surface area contributed by atoms with Gasteiger partial charge in [0.25, 0.3) is 0 Å². The molecule has 2 aliphatic rings. The fourth-order valence-corrected chi connectivity index (χ4v) is 3.68. The van der Waals surface area contributed by atoms with E-state index in [1.54, 1.807) is 24.3 Å². The summed E-state index contributed by atoms with van der Waals surface area (Å²) < 4.78 is 21.7. The van der Waals surface area contributed by atoms with Crippen LogP contribution in [-0.4, -0.2) is 111 Å². The molecule has 0 radical (unpaired) electrons. The zero-order chi connectivity index (χ0) is 22.0. The molecule has 0 spiro atoms. The maximum absolute atomic E-state index is 10.9. The SMILES string of the molecule is COc1cccc([C@H]2O[C@H](CO)[C@@H](O)[C@H](OC3OC(CO)C(O)C(O)C3O)[C@@H]2O)c1. The average Bonchev–Trinajstić information content (AvgIpc) is 2.76. The molecule has 0 aromatic heterocycles. The third-order valence-corrected chi connectivity index (χ3v) is 5.43. The molecule has 3 rings (SSSR count). The molecule has 30 heavy (non-hydrogen) atoms. The van der Waals surface area contributed by atoms with Gasteiger partial charge in [0.2, 0.25) is 0 Å². The lowest BCUT2D eigenvalue weighted by Gasteiger charge is -2.46. The molecule has 0 amide bonds. The van der Waals surface area contributed by atoms with Crippen LogP contribution in [0.2, 0.25) is 0 Å². The van der Waals surface area contributed by atoms with Gasteiger partial charge in [0.15, 0.2) is 6.29 Å². The standard InChI is InChI=1S/C19H28O11/c1-27-9-4-2-3-8(5-9)17-16(26)18(13(23)11(7-21)28-17)30-19-15(25)14(24)12(22)10(6-20)29-19/h2-5,10-26H,6-7H2,1H3/t10?,11-,12?,13-,14?,15?,16-,17-,18+,19?/m1/s1. The van der Waals surface area contributed by atoms with E-state index < -0.39 is 74.4 Å². The summed E-state index contributed by atoms with van der Waals surface area (Å²) in [6.07, 6.45) is -14.3. The molecule has 170 valence electrons. The normalized spacial score (nSPS) is 42.1. The number of ether oxygens (including phenoxy) is 4. The van der Waals surface area contributed by atoms with Gasteiger partial charge >= 0.3 is 0 Å². The van der Waals surface area contributed by atoms with Crippen molar-refractivity contribution < 1.29 is 54.7 Å². The van der Waals surface area contributed by atoms with Crippen LogP contribution in [0.1, 0.15) is 11.7 Å². The molecule has 0 saturated carbocycles. The van der Waals surface area contributed by atoms with Crippen molar-refractivity contribution in [3.63, 3.8) is 0 Å². The highest BCUT2D eigenvalue weighted by Gasteiger charge is 2.50. The van der Waals surface area contributed by atoms with E-state index in [2.05, 4.69) is 0 Å². The van der Waals surface area contributed by atoms with Gasteiger partial charge in [-0.2, -0.15) is 0 Å². The van der Waals surface area contributed by atoms with E-state index >= 15 is 0 Å². The Labute approximate surface area is 172 Å². The van der Waals surface area contributed by atoms with Crippen molar-refractivity contribution in [3.8, 4) is 5.75 Å². The van der Waals surface area contributed by atoms with E-state index in [-0.39, 0.29) is 0 Å². The van der Waals surface area contributed by atoms with Crippen LogP contribution in [0, 0.1) is 0 Å². The minimum Gasteiger partial charge on any atom is -0.497 e. The van der Waals surface area contributed by atoms with Gasteiger partial charge in [-0.3, -0.25) is 0 Å². The van der Waals surface area contributed by atoms with Gasteiger partial charge in [0.05, 0.1) is 20.3 Å². The van der Waals surface area contributed by atoms with Crippen LogP contribution in [0.15, 0.2) is 24.3 Å². The summed E-state index contributed by atoms with van der Waals surface area (Å²) in [6, 6.07) is 6.65. The van der Waals surface area contributed by atoms with Crippen LogP contribution < -0.4 is 4.74 Å². The van der Waals surface area contributed by atoms with Crippen LogP contribution in [0.3, 0.4) is 0 Å². The Hall–Kier alpha value is -1.38. The Morgan fingerprint density at radius 1 is 0.833 bits per heavy atom. The third-order valence-electron chi connectivity index (χ3n) is 5.43. The molecule has 1 aromatic rings. The highest BCUT2D eigenvalue weighted by molar-refractivity contribution is 5.31. The predicted molar refractivity (Wildman–Crippen MR) is 98.3 cm³/mol. The van der Waals surface area contributed by atoms with Crippen molar-refractivity contribution in [1.82, 2.24) is 0 Å². The molecule has 5 unspecified atom stereocenters. The van der Waals surface area contributed by atoms with Gasteiger partial charge in [-0.1, -0.05) is 12.1 Å². The summed E-state index contributed by atoms with van der Waals surface area (Å²) >= 11 is 0. The fourth-order valence-electron chi connectivity index (χ4n) is 3.68. The van der Waals surface area contributed by atoms with E-state index in [0.717, 1.165) is 0 Å². The van der Waals surface area contributed by atoms with Crippen molar-refractivity contribution in [1.29, 1.82) is 0 Å². The molecular weight excluding hydrogens is 404 g/mol. The largest absolute Gasteiger partial charge is 0.497 e. The second-order valence-corrected chi connectivity index (χ2v) is 7.33. The van der Waals surface area contributed by atoms with Crippen LogP contribution in [0.4, 0.5) is 0 Å². The summed E-state index contributed by atoms with van der Waals surface area (Å²) in [5, 5.41) is 70.3. The molecule has 2 saturated heterocycles. The zero-order valence-electron chi connectivity index (χ0n) is 16.3. The number of hydrogen-bond acceptors (Lipinski definition) is 11. The van der Waals surface area contributed by atoms with Crippen molar-refractivity contribution in [2.75, 3.05) is 20.3 Å². The lowest BCUT2D eigenvalue weighted by Crippen LogP contribution is -2.63. The molecule has 7 N–H and O–H groups in total. The van der Waals surface area contributed by atoms with E-state index in [9.17, 15) is 35.7 Å². The third kappa shape index (κ3) is 4.46. The number of rotatable bonds is 6. The van der Waals surface area contributed by atoms with Gasteiger partial charge in [0.1, 0.15) is 60.7 Å². The highest BCUT2D eigenvalue weighted by atomic mass is 16.7. The number of aliphatic hydroxyl groups excluding tert-OH is 7. The molecule has 2 heterocycles. The van der Waals surface area contributed by atoms with Gasteiger partial charge < -0.3 is 54.7 Å². The Morgan fingerprint density at radius 2 is 1.50 bits per heavy atom. The summed E-state index contributed by atoms with van der Waals surface area (Å²) in [7, 11) is 1.47. The van der Waals surface area contributed by atoms with Gasteiger partial charge in [-0.15, -0.1) is 0 Å². The molecule has 0 aliphatic carbocycles. The first-order valence-electron chi connectivity index (χ1n) is 9.54. The zero-order valence-corrected chi connectivity index (χ0v) is 16.3. The van der Waals surface area contributed by atoms with Crippen LogP contribution in [-0.2, 0) is 14.2 Å². The van der Waals surface area contributed by atoms with E-state index in [0.29, 0.717) is 11.3 Å². The second-order valence-electron chi connectivity index (χ2n) is 7.33. The molecule has 2 aliphatic heterocycles. The Morgan fingerprint density at radius 3 is 2.13 bits per heavy atom. The lowest BCUT2D eigenvalue weighted by atomic mass is 9.90. The van der Waals surface area contributed by atoms with Crippen LogP contribution in [0.25, 0.3) is 0 Å². The first-order valence-corrected chi connectivity index (χ1v) is 9.54. The van der Waals surface area contributed by atoms with E-state index in [1.165, 1.54) is 7.11 Å². The first kappa shape index (κ1) is 23.3. The molecule has 11 nitrogen and oxygen atoms in total. The Balaban J connectivity index is 1.84. The molecule has 1 aromatic carbocycles. The Kier molecular flexibility index (Phi) is 7.63. The quantitative estimate of drug-likeness (QED) is 0.244. The van der Waals surface area contributed by atoms with Crippen LogP contribution in [0.5, 0.6) is 5.75 Å². The maximum Gasteiger partial charge on any atom is 0.187 e. The molecule has 0 bridgehead atoms. The van der Waals surface area contributed by atoms with E-state index in [4.69, 9.17) is 18.9 Å². The van der Waals surface area contributed by atoms with E-state index in [1.807, 2.05) is 0 Å². The number of benzene rings is 1. The highest BCUT2D eigenvalue weighted by Crippen LogP contribution is 2.36. The summed E-state index contributed by atoms with van der Waals surface area (Å²) in [5.41, 5.74) is 0.495. The molecule has 2 fully saturated rings. The first-order chi connectivity index (χ1) is 14.3. The minimum absolute atomic E-state index is 0.495. The topological polar surface area (TPSA) is 179 Å². The lowest BCUT2D eigenvalue weighted by molar-refractivity contribution is -0.342. The van der Waals surface area contributed by atoms with Crippen molar-refractivity contribution in [3.05, 3.63) is 29.8 Å². The van der Waals surface area contributed by atoms with Gasteiger partial charge in [-0.05, 0) is 17.7 Å². The Bertz CT molecular complexity index is 686. The van der Waals surface area contributed by atoms with Gasteiger partial charge in [-0.25, -0.2) is 0 Å². The molecule has 11 heteroatoms. The van der Waals surface area contributed by atoms with Crippen molar-refractivity contribution in [2.24, 2.45) is 0 Å². The van der Waals surface area contributed by atoms with Crippen LogP contribution >= 0.6 is 0 Å². The summed E-state index contributed by atoms with van der Waals surface area (Å²) in [5.74, 6) is 0.501. The maximum atomic E-state index is 10.9. The average molecular weight is 432 g/mol. The molecule has 10 atom stereocenters. The van der Waals surface area contributed by atoms with Gasteiger partial charge in [0, 0.05) is 0 Å². The summed E-state index contributed by atoms with van der Waals surface area (Å²) in [6.45, 7) is -1.24. The number of hydrogen-bond donors (Lipinski definition) is 7. The minimum atomic E-state index is -1.71. The second kappa shape index (κ2) is 9.83. The number of methoxy groups -OCH3 is 1. The number of aliphatic hydroxyl groups is 7. The monoisotopic (exact) mass is 432 g/mol. The smallest absolute Gasteiger partial charge is 0.187 e. The summed E-state index contributed by atoms with van der Waals surface area (Å²) in [4.78, 5) is 0.